The quantitative estimate of drug-likeness (QED) is 0.242. The Balaban J connectivity index is 1.46. The highest BCUT2D eigenvalue weighted by atomic mass is 16.6. The van der Waals surface area contributed by atoms with E-state index in [1.807, 2.05) is 26.8 Å². The lowest BCUT2D eigenvalue weighted by Crippen LogP contribution is -2.45. The largest absolute Gasteiger partial charge is 0.457 e. The van der Waals surface area contributed by atoms with Crippen LogP contribution in [0.4, 0.5) is 10.6 Å². The van der Waals surface area contributed by atoms with Gasteiger partial charge in [-0.25, -0.2) is 4.79 Å². The molecule has 0 radical (unpaired) electrons. The van der Waals surface area contributed by atoms with Crippen molar-refractivity contribution in [1.82, 2.24) is 15.6 Å². The van der Waals surface area contributed by atoms with Crippen LogP contribution in [-0.4, -0.2) is 39.6 Å². The van der Waals surface area contributed by atoms with Gasteiger partial charge in [-0.2, -0.15) is 5.26 Å². The van der Waals surface area contributed by atoms with E-state index in [0.717, 1.165) is 0 Å². The molecule has 3 aromatic rings. The fourth-order valence-electron chi connectivity index (χ4n) is 4.36. The first kappa shape index (κ1) is 29.8. The number of aromatic nitrogens is 1. The van der Waals surface area contributed by atoms with E-state index >= 15 is 0 Å². The van der Waals surface area contributed by atoms with Crippen LogP contribution in [0.5, 0.6) is 23.0 Å². The molecule has 2 amide bonds. The van der Waals surface area contributed by atoms with Crippen LogP contribution >= 0.6 is 0 Å². The molecule has 12 heteroatoms. The number of amides is 2. The molecule has 42 heavy (non-hydrogen) atoms. The van der Waals surface area contributed by atoms with Crippen molar-refractivity contribution in [3.63, 3.8) is 0 Å². The summed E-state index contributed by atoms with van der Waals surface area (Å²) in [6.07, 6.45) is 3.48. The van der Waals surface area contributed by atoms with E-state index in [4.69, 9.17) is 19.5 Å². The second kappa shape index (κ2) is 13.0. The summed E-state index contributed by atoms with van der Waals surface area (Å²) in [7, 11) is 0. The highest BCUT2D eigenvalue weighted by molar-refractivity contribution is 5.95. The van der Waals surface area contributed by atoms with Gasteiger partial charge >= 0.3 is 11.9 Å². The van der Waals surface area contributed by atoms with Gasteiger partial charge in [0.05, 0.1) is 11.6 Å². The van der Waals surface area contributed by atoms with E-state index < -0.39 is 16.6 Å². The lowest BCUT2D eigenvalue weighted by molar-refractivity contribution is -0.389. The van der Waals surface area contributed by atoms with Gasteiger partial charge in [0.25, 0.3) is 5.91 Å². The van der Waals surface area contributed by atoms with Crippen LogP contribution < -0.4 is 20.1 Å². The van der Waals surface area contributed by atoms with Gasteiger partial charge < -0.3 is 35.0 Å². The monoisotopic (exact) mass is 573 g/mol. The zero-order valence-electron chi connectivity index (χ0n) is 23.5. The van der Waals surface area contributed by atoms with Crippen molar-refractivity contribution in [2.24, 2.45) is 0 Å². The molecule has 1 heterocycles. The Labute approximate surface area is 242 Å². The van der Waals surface area contributed by atoms with Gasteiger partial charge in [-0.05, 0) is 98.8 Å². The molecule has 2 aromatic carbocycles. The summed E-state index contributed by atoms with van der Waals surface area (Å²) >= 11 is 0. The molecule has 1 aromatic heterocycles. The lowest BCUT2D eigenvalue weighted by Gasteiger charge is -2.30. The van der Waals surface area contributed by atoms with Crippen molar-refractivity contribution < 1.29 is 28.7 Å². The van der Waals surface area contributed by atoms with Crippen LogP contribution in [-0.2, 0) is 4.74 Å². The Bertz CT molecular complexity index is 1470. The van der Waals surface area contributed by atoms with Crippen molar-refractivity contribution in [2.75, 3.05) is 0 Å². The molecule has 218 valence electrons. The predicted octanol–water partition coefficient (Wildman–Crippen LogP) is 6.01. The van der Waals surface area contributed by atoms with E-state index in [2.05, 4.69) is 15.6 Å². The van der Waals surface area contributed by atoms with Gasteiger partial charge in [0, 0.05) is 29.8 Å². The first-order valence-electron chi connectivity index (χ1n) is 13.4. The summed E-state index contributed by atoms with van der Waals surface area (Å²) < 4.78 is 17.1. The lowest BCUT2D eigenvalue weighted by atomic mass is 9.91. The number of nitriles is 1. The first-order chi connectivity index (χ1) is 20.0. The Hall–Kier alpha value is -5.18. The molecule has 1 fully saturated rings. The van der Waals surface area contributed by atoms with Crippen LogP contribution in [0, 0.1) is 21.4 Å². The van der Waals surface area contributed by atoms with Crippen molar-refractivity contribution in [3.05, 3.63) is 82.0 Å². The van der Waals surface area contributed by atoms with Crippen molar-refractivity contribution in [3.8, 4) is 29.1 Å². The minimum atomic E-state index is -0.612. The minimum Gasteiger partial charge on any atom is -0.457 e. The number of alkyl carbamates (subject to hydrolysis) is 1. The molecular weight excluding hydrogens is 542 g/mol. The number of hydrogen-bond acceptors (Lipinski definition) is 9. The molecule has 1 aliphatic rings. The molecular formula is C30H31N5O7. The topological polar surface area (TPSA) is 166 Å². The summed E-state index contributed by atoms with van der Waals surface area (Å²) in [5.74, 6) is 0.588. The number of carbonyl (C=O) groups is 2. The number of rotatable bonds is 8. The number of hydrogen-bond donors (Lipinski definition) is 2. The second-order valence-electron chi connectivity index (χ2n) is 10.8. The van der Waals surface area contributed by atoms with Crippen LogP contribution in [0.25, 0.3) is 0 Å². The number of ether oxygens (including phenoxy) is 3. The average molecular weight is 574 g/mol. The SMILES string of the molecule is CC(C)(C)OC(=O)NC1CCC(NC(=O)c2cc(Oc3ccc(C#N)cc3)cc(Oc3ccc([N+](=O)[O-])nc3)c2)CC1. The van der Waals surface area contributed by atoms with Crippen LogP contribution in [0.3, 0.4) is 0 Å². The number of pyridine rings is 1. The molecule has 12 nitrogen and oxygen atoms in total. The maximum absolute atomic E-state index is 13.3. The molecule has 1 aliphatic carbocycles. The predicted molar refractivity (Wildman–Crippen MR) is 152 cm³/mol. The molecule has 0 bridgehead atoms. The fraction of sp³-hybridized carbons (Fsp3) is 0.333. The summed E-state index contributed by atoms with van der Waals surface area (Å²) in [6, 6.07) is 15.7. The van der Waals surface area contributed by atoms with E-state index in [0.29, 0.717) is 42.7 Å². The van der Waals surface area contributed by atoms with Gasteiger partial charge in [0.15, 0.2) is 11.9 Å². The van der Waals surface area contributed by atoms with Gasteiger partial charge in [-0.3, -0.25) is 4.79 Å². The maximum atomic E-state index is 13.3. The van der Waals surface area contributed by atoms with E-state index in [9.17, 15) is 19.7 Å². The first-order valence-corrected chi connectivity index (χ1v) is 13.4. The van der Waals surface area contributed by atoms with E-state index in [1.54, 1.807) is 36.4 Å². The normalized spacial score (nSPS) is 16.4. The van der Waals surface area contributed by atoms with Crippen molar-refractivity contribution in [2.45, 2.75) is 64.1 Å². The highest BCUT2D eigenvalue weighted by Crippen LogP contribution is 2.31. The average Bonchev–Trinajstić information content (AvgIpc) is 2.93. The molecule has 0 unspecified atom stereocenters. The summed E-state index contributed by atoms with van der Waals surface area (Å²) in [5, 5.41) is 25.9. The van der Waals surface area contributed by atoms with Crippen LogP contribution in [0.15, 0.2) is 60.8 Å². The molecule has 0 atom stereocenters. The summed E-state index contributed by atoms with van der Waals surface area (Å²) in [5.41, 5.74) is 0.173. The Morgan fingerprint density at radius 3 is 2.00 bits per heavy atom. The number of nitrogens with zero attached hydrogens (tertiary/aromatic N) is 3. The maximum Gasteiger partial charge on any atom is 0.407 e. The van der Waals surface area contributed by atoms with Gasteiger partial charge in [0.1, 0.15) is 22.8 Å². The van der Waals surface area contributed by atoms with E-state index in [1.165, 1.54) is 24.4 Å². The number of nitrogens with one attached hydrogen (secondary N) is 2. The standard InChI is InChI=1S/C30H31N5O7/c1-30(2,3)42-29(37)34-22-8-6-21(7-9-22)33-28(36)20-14-25(40-23-10-4-19(17-31)5-11-23)16-26(15-20)41-24-12-13-27(32-18-24)35(38)39/h4-5,10-16,18,21-22H,6-9H2,1-3H3,(H,33,36)(H,34,37). The Kier molecular flexibility index (Phi) is 9.22. The zero-order valence-corrected chi connectivity index (χ0v) is 23.5. The molecule has 2 N–H and O–H groups in total. The third-order valence-electron chi connectivity index (χ3n) is 6.29. The molecule has 0 saturated heterocycles. The summed E-state index contributed by atoms with van der Waals surface area (Å²) in [6.45, 7) is 5.42. The Morgan fingerprint density at radius 2 is 1.48 bits per heavy atom. The number of carbonyl (C=O) groups excluding carboxylic acids is 2. The second-order valence-corrected chi connectivity index (χ2v) is 10.8. The van der Waals surface area contributed by atoms with Crippen molar-refractivity contribution >= 4 is 17.8 Å². The Morgan fingerprint density at radius 1 is 0.905 bits per heavy atom. The third-order valence-corrected chi connectivity index (χ3v) is 6.29. The van der Waals surface area contributed by atoms with Crippen LogP contribution in [0.1, 0.15) is 62.4 Å². The zero-order chi connectivity index (χ0) is 30.3. The van der Waals surface area contributed by atoms with E-state index in [-0.39, 0.29) is 40.9 Å². The number of nitro groups is 1. The molecule has 0 aliphatic heterocycles. The van der Waals surface area contributed by atoms with Gasteiger partial charge in [-0.15, -0.1) is 0 Å². The van der Waals surface area contributed by atoms with Crippen molar-refractivity contribution in [1.29, 1.82) is 5.26 Å². The fourth-order valence-corrected chi connectivity index (χ4v) is 4.36. The molecule has 4 rings (SSSR count). The summed E-state index contributed by atoms with van der Waals surface area (Å²) in [4.78, 5) is 39.5. The smallest absolute Gasteiger partial charge is 0.407 e. The van der Waals surface area contributed by atoms with Crippen LogP contribution in [0.2, 0.25) is 0 Å². The number of benzene rings is 2. The highest BCUT2D eigenvalue weighted by Gasteiger charge is 2.26. The minimum absolute atomic E-state index is 0.0348. The van der Waals surface area contributed by atoms with Gasteiger partial charge in [-0.1, -0.05) is 0 Å². The molecule has 0 spiro atoms. The van der Waals surface area contributed by atoms with Gasteiger partial charge in [0.2, 0.25) is 0 Å². The third kappa shape index (κ3) is 8.66. The molecule has 1 saturated carbocycles.